The number of benzene rings is 2. The molecule has 4 aromatic rings. The van der Waals surface area contributed by atoms with Gasteiger partial charge in [0.25, 0.3) is 5.91 Å². The Labute approximate surface area is 203 Å². The fourth-order valence-corrected chi connectivity index (χ4v) is 4.92. The zero-order chi connectivity index (χ0) is 23.3. The Bertz CT molecular complexity index is 1230. The van der Waals surface area contributed by atoms with Crippen LogP contribution in [-0.2, 0) is 17.8 Å². The maximum Gasteiger partial charge on any atom is 0.264 e. The normalized spacial score (nSPS) is 13.7. The molecule has 6 nitrogen and oxygen atoms in total. The topological polar surface area (TPSA) is 58.8 Å². The first-order chi connectivity index (χ1) is 16.7. The zero-order valence-corrected chi connectivity index (χ0v) is 20.0. The standard InChI is InChI=1S/C27H27N3O3S/c1-20-7-5-10-22(17-20)25-23(27(33-28-25)29-12-14-32-15-13-29)19-30(18-21-8-3-2-4-9-21)26(31)24-11-6-16-34-24/h2-11,16-17H,12-15,18-19H2,1H3. The Balaban J connectivity index is 1.55. The molecule has 174 valence electrons. The summed E-state index contributed by atoms with van der Waals surface area (Å²) in [6, 6.07) is 22.1. The van der Waals surface area contributed by atoms with E-state index in [0.717, 1.165) is 51.8 Å². The molecule has 0 N–H and O–H groups in total. The van der Waals surface area contributed by atoms with Gasteiger partial charge in [-0.05, 0) is 30.0 Å². The predicted octanol–water partition coefficient (Wildman–Crippen LogP) is 5.39. The average molecular weight is 474 g/mol. The van der Waals surface area contributed by atoms with Crippen LogP contribution < -0.4 is 4.90 Å². The van der Waals surface area contributed by atoms with Crippen molar-refractivity contribution in [2.24, 2.45) is 0 Å². The van der Waals surface area contributed by atoms with Crippen LogP contribution in [-0.4, -0.2) is 42.3 Å². The average Bonchev–Trinajstić information content (AvgIpc) is 3.55. The van der Waals surface area contributed by atoms with E-state index in [0.29, 0.717) is 26.3 Å². The van der Waals surface area contributed by atoms with Gasteiger partial charge < -0.3 is 19.1 Å². The van der Waals surface area contributed by atoms with Crippen LogP contribution in [0.15, 0.2) is 76.6 Å². The molecule has 34 heavy (non-hydrogen) atoms. The zero-order valence-electron chi connectivity index (χ0n) is 19.1. The molecule has 1 fully saturated rings. The second-order valence-electron chi connectivity index (χ2n) is 8.41. The van der Waals surface area contributed by atoms with Crippen LogP contribution in [0.4, 0.5) is 5.88 Å². The number of hydrogen-bond acceptors (Lipinski definition) is 6. The Morgan fingerprint density at radius 3 is 2.59 bits per heavy atom. The Morgan fingerprint density at radius 2 is 1.85 bits per heavy atom. The first kappa shape index (κ1) is 22.4. The minimum Gasteiger partial charge on any atom is -0.378 e. The summed E-state index contributed by atoms with van der Waals surface area (Å²) in [5.74, 6) is 0.722. The lowest BCUT2D eigenvalue weighted by Gasteiger charge is -2.28. The van der Waals surface area contributed by atoms with E-state index in [9.17, 15) is 4.79 Å². The van der Waals surface area contributed by atoms with Crippen LogP contribution in [0.2, 0.25) is 0 Å². The molecule has 0 spiro atoms. The summed E-state index contributed by atoms with van der Waals surface area (Å²) in [4.78, 5) is 18.4. The summed E-state index contributed by atoms with van der Waals surface area (Å²) in [6.07, 6.45) is 0. The fraction of sp³-hybridized carbons (Fsp3) is 0.259. The molecular formula is C27H27N3O3S. The van der Waals surface area contributed by atoms with Gasteiger partial charge in [-0.3, -0.25) is 4.79 Å². The van der Waals surface area contributed by atoms with Crippen molar-refractivity contribution >= 4 is 23.1 Å². The number of hydrogen-bond donors (Lipinski definition) is 0. The van der Waals surface area contributed by atoms with Crippen LogP contribution in [0.5, 0.6) is 0 Å². The molecule has 2 aromatic heterocycles. The van der Waals surface area contributed by atoms with E-state index in [1.165, 1.54) is 11.3 Å². The largest absolute Gasteiger partial charge is 0.378 e. The Kier molecular flexibility index (Phi) is 6.74. The Hall–Kier alpha value is -3.42. The molecule has 1 saturated heterocycles. The van der Waals surface area contributed by atoms with Crippen molar-refractivity contribution in [3.05, 3.63) is 93.7 Å². The second-order valence-corrected chi connectivity index (χ2v) is 9.36. The molecule has 1 aliphatic rings. The molecular weight excluding hydrogens is 446 g/mol. The van der Waals surface area contributed by atoms with Crippen molar-refractivity contribution in [1.29, 1.82) is 0 Å². The van der Waals surface area contributed by atoms with E-state index >= 15 is 0 Å². The third-order valence-electron chi connectivity index (χ3n) is 5.94. The first-order valence-corrected chi connectivity index (χ1v) is 12.3. The quantitative estimate of drug-likeness (QED) is 0.360. The van der Waals surface area contributed by atoms with Crippen LogP contribution in [0.25, 0.3) is 11.3 Å². The summed E-state index contributed by atoms with van der Waals surface area (Å²) < 4.78 is 11.5. The summed E-state index contributed by atoms with van der Waals surface area (Å²) in [5.41, 5.74) is 4.92. The lowest BCUT2D eigenvalue weighted by molar-refractivity contribution is 0.0734. The van der Waals surface area contributed by atoms with Gasteiger partial charge in [-0.15, -0.1) is 11.3 Å². The number of carbonyl (C=O) groups excluding carboxylic acids is 1. The minimum atomic E-state index is 0.00294. The highest BCUT2D eigenvalue weighted by molar-refractivity contribution is 7.12. The second kappa shape index (κ2) is 10.2. The highest BCUT2D eigenvalue weighted by Crippen LogP contribution is 2.34. The molecule has 0 saturated carbocycles. The molecule has 1 amide bonds. The number of amides is 1. The number of anilines is 1. The summed E-state index contributed by atoms with van der Waals surface area (Å²) in [5, 5.41) is 6.43. The number of morpholine rings is 1. The summed E-state index contributed by atoms with van der Waals surface area (Å²) in [7, 11) is 0. The summed E-state index contributed by atoms with van der Waals surface area (Å²) >= 11 is 1.46. The number of thiophene rings is 1. The van der Waals surface area contributed by atoms with Crippen molar-refractivity contribution in [1.82, 2.24) is 10.1 Å². The highest BCUT2D eigenvalue weighted by Gasteiger charge is 2.28. The maximum absolute atomic E-state index is 13.6. The van der Waals surface area contributed by atoms with Crippen molar-refractivity contribution in [3.63, 3.8) is 0 Å². The number of aromatic nitrogens is 1. The van der Waals surface area contributed by atoms with Crippen LogP contribution in [0, 0.1) is 6.92 Å². The molecule has 5 rings (SSSR count). The van der Waals surface area contributed by atoms with E-state index < -0.39 is 0 Å². The van der Waals surface area contributed by atoms with Gasteiger partial charge in [0.15, 0.2) is 0 Å². The van der Waals surface area contributed by atoms with E-state index in [-0.39, 0.29) is 5.91 Å². The van der Waals surface area contributed by atoms with Crippen molar-refractivity contribution in [2.75, 3.05) is 31.2 Å². The van der Waals surface area contributed by atoms with Crippen LogP contribution >= 0.6 is 11.3 Å². The lowest BCUT2D eigenvalue weighted by atomic mass is 10.0. The molecule has 3 heterocycles. The van der Waals surface area contributed by atoms with E-state index in [4.69, 9.17) is 9.26 Å². The maximum atomic E-state index is 13.6. The minimum absolute atomic E-state index is 0.00294. The Morgan fingerprint density at radius 1 is 1.03 bits per heavy atom. The molecule has 2 aromatic carbocycles. The van der Waals surface area contributed by atoms with Gasteiger partial charge >= 0.3 is 0 Å². The van der Waals surface area contributed by atoms with Gasteiger partial charge in [-0.25, -0.2) is 0 Å². The van der Waals surface area contributed by atoms with E-state index in [1.54, 1.807) is 0 Å². The number of carbonyl (C=O) groups is 1. The van der Waals surface area contributed by atoms with E-state index in [2.05, 4.69) is 29.1 Å². The monoisotopic (exact) mass is 473 g/mol. The highest BCUT2D eigenvalue weighted by atomic mass is 32.1. The molecule has 0 bridgehead atoms. The smallest absolute Gasteiger partial charge is 0.264 e. The first-order valence-electron chi connectivity index (χ1n) is 11.4. The van der Waals surface area contributed by atoms with Gasteiger partial charge in [0.2, 0.25) is 5.88 Å². The van der Waals surface area contributed by atoms with Crippen molar-refractivity contribution < 1.29 is 14.1 Å². The molecule has 0 unspecified atom stereocenters. The lowest BCUT2D eigenvalue weighted by Crippen LogP contribution is -2.37. The molecule has 0 aliphatic carbocycles. The number of nitrogens with zero attached hydrogens (tertiary/aromatic N) is 3. The van der Waals surface area contributed by atoms with Gasteiger partial charge in [0.1, 0.15) is 5.69 Å². The molecule has 7 heteroatoms. The van der Waals surface area contributed by atoms with Gasteiger partial charge in [0, 0.05) is 25.2 Å². The third-order valence-corrected chi connectivity index (χ3v) is 6.80. The predicted molar refractivity (Wildman–Crippen MR) is 134 cm³/mol. The van der Waals surface area contributed by atoms with E-state index in [1.807, 2.05) is 64.9 Å². The van der Waals surface area contributed by atoms with Gasteiger partial charge in [0.05, 0.1) is 30.2 Å². The van der Waals surface area contributed by atoms with Crippen molar-refractivity contribution in [2.45, 2.75) is 20.0 Å². The van der Waals surface area contributed by atoms with Gasteiger partial charge in [-0.2, -0.15) is 0 Å². The molecule has 0 radical (unpaired) electrons. The molecule has 0 atom stereocenters. The summed E-state index contributed by atoms with van der Waals surface area (Å²) in [6.45, 7) is 5.70. The van der Waals surface area contributed by atoms with Gasteiger partial charge in [-0.1, -0.05) is 65.3 Å². The fourth-order valence-electron chi connectivity index (χ4n) is 4.23. The number of aryl methyl sites for hydroxylation is 1. The van der Waals surface area contributed by atoms with Crippen molar-refractivity contribution in [3.8, 4) is 11.3 Å². The molecule has 1 aliphatic heterocycles. The third kappa shape index (κ3) is 4.90. The SMILES string of the molecule is Cc1cccc(-c2noc(N3CCOCC3)c2CN(Cc2ccccc2)C(=O)c2cccs2)c1. The number of rotatable bonds is 7. The van der Waals surface area contributed by atoms with Crippen LogP contribution in [0.1, 0.15) is 26.4 Å². The number of ether oxygens (including phenoxy) is 1. The van der Waals surface area contributed by atoms with Crippen LogP contribution in [0.3, 0.4) is 0 Å².